The molecule has 0 amide bonds. The van der Waals surface area contributed by atoms with Crippen molar-refractivity contribution in [1.82, 2.24) is 0 Å². The number of esters is 2. The highest BCUT2D eigenvalue weighted by Gasteiger charge is 2.50. The molecule has 0 aliphatic carbocycles. The fourth-order valence-electron chi connectivity index (χ4n) is 5.72. The van der Waals surface area contributed by atoms with Crippen LogP contribution in [-0.2, 0) is 28.2 Å². The maximum absolute atomic E-state index is 11.9. The zero-order valence-corrected chi connectivity index (χ0v) is 25.3. The van der Waals surface area contributed by atoms with Crippen LogP contribution >= 0.6 is 0 Å². The minimum Gasteiger partial charge on any atom is -0.462 e. The van der Waals surface area contributed by atoms with E-state index in [0.29, 0.717) is 38.7 Å². The van der Waals surface area contributed by atoms with Gasteiger partial charge in [0.05, 0.1) is 12.2 Å². The monoisotopic (exact) mass is 564 g/mol. The molecule has 0 radical (unpaired) electrons. The van der Waals surface area contributed by atoms with Crippen molar-refractivity contribution >= 4 is 30.6 Å². The van der Waals surface area contributed by atoms with Crippen molar-refractivity contribution in [3.63, 3.8) is 0 Å². The topological polar surface area (TPSA) is 71.1 Å². The lowest BCUT2D eigenvalue weighted by Crippen LogP contribution is -2.66. The highest BCUT2D eigenvalue weighted by Crippen LogP contribution is 2.37. The Kier molecular flexibility index (Phi) is 11.5. The number of rotatable bonds is 13. The van der Waals surface area contributed by atoms with Gasteiger partial charge in [-0.1, -0.05) is 94.1 Å². The molecule has 0 N–H and O–H groups in total. The Morgan fingerprint density at radius 2 is 1.57 bits per heavy atom. The predicted octanol–water partition coefficient (Wildman–Crippen LogP) is 5.50. The molecule has 2 aromatic carbocycles. The Labute approximate surface area is 240 Å². The largest absolute Gasteiger partial charge is 0.462 e. The van der Waals surface area contributed by atoms with Gasteiger partial charge >= 0.3 is 11.9 Å². The molecule has 3 rings (SSSR count). The van der Waals surface area contributed by atoms with E-state index in [1.807, 2.05) is 12.1 Å². The van der Waals surface area contributed by atoms with E-state index in [-0.39, 0.29) is 29.3 Å². The van der Waals surface area contributed by atoms with Crippen LogP contribution < -0.4 is 10.4 Å². The van der Waals surface area contributed by atoms with Crippen LogP contribution in [-0.4, -0.2) is 51.3 Å². The zero-order valence-electron chi connectivity index (χ0n) is 24.3. The third-order valence-electron chi connectivity index (χ3n) is 7.35. The van der Waals surface area contributed by atoms with Crippen molar-refractivity contribution in [2.45, 2.75) is 89.3 Å². The summed E-state index contributed by atoms with van der Waals surface area (Å²) in [5, 5.41) is 2.33. The summed E-state index contributed by atoms with van der Waals surface area (Å²) in [7, 11) is -2.67. The molecule has 1 aliphatic rings. The van der Waals surface area contributed by atoms with Gasteiger partial charge in [0.1, 0.15) is 12.2 Å². The molecule has 6 nitrogen and oxygen atoms in total. The molecule has 1 heterocycles. The molecule has 0 unspecified atom stereocenters. The summed E-state index contributed by atoms with van der Waals surface area (Å²) in [5.74, 6) is -0.789. The minimum atomic E-state index is -2.67. The normalized spacial score (nSPS) is 20.2. The summed E-state index contributed by atoms with van der Waals surface area (Å²) in [6, 6.07) is 21.1. The van der Waals surface area contributed by atoms with Crippen LogP contribution in [0.1, 0.15) is 59.8 Å². The van der Waals surface area contributed by atoms with Gasteiger partial charge < -0.3 is 18.6 Å². The number of hydrogen-bond donors (Lipinski definition) is 0. The van der Waals surface area contributed by atoms with Crippen molar-refractivity contribution < 1.29 is 28.2 Å². The Balaban J connectivity index is 1.80. The fraction of sp³-hybridized carbons (Fsp3) is 0.455. The van der Waals surface area contributed by atoms with Crippen LogP contribution in [0.15, 0.2) is 86.0 Å². The molecule has 0 spiro atoms. The first-order valence-electron chi connectivity index (χ1n) is 14.1. The maximum atomic E-state index is 11.9. The molecule has 7 heteroatoms. The Hall–Kier alpha value is -3.00. The highest BCUT2D eigenvalue weighted by atomic mass is 28.4. The molecular weight excluding hydrogens is 520 g/mol. The quantitative estimate of drug-likeness (QED) is 0.139. The van der Waals surface area contributed by atoms with E-state index in [2.05, 4.69) is 82.5 Å². The second-order valence-electron chi connectivity index (χ2n) is 11.4. The second-order valence-corrected chi connectivity index (χ2v) is 15.7. The lowest BCUT2D eigenvalue weighted by atomic mass is 9.95. The van der Waals surface area contributed by atoms with E-state index < -0.39 is 20.4 Å². The maximum Gasteiger partial charge on any atom is 0.330 e. The van der Waals surface area contributed by atoms with Crippen LogP contribution in [0.25, 0.3) is 0 Å². The van der Waals surface area contributed by atoms with Gasteiger partial charge in [0.25, 0.3) is 8.32 Å². The van der Waals surface area contributed by atoms with E-state index in [0.717, 1.165) is 6.08 Å². The number of carbonyl (C=O) groups excluding carboxylic acids is 2. The van der Waals surface area contributed by atoms with Crippen molar-refractivity contribution in [3.05, 3.63) is 86.0 Å². The number of carbonyl (C=O) groups is 2. The number of ether oxygens (including phenoxy) is 3. The smallest absolute Gasteiger partial charge is 0.330 e. The lowest BCUT2D eigenvalue weighted by Gasteiger charge is -2.43. The first-order valence-corrected chi connectivity index (χ1v) is 16.0. The van der Waals surface area contributed by atoms with Crippen LogP contribution in [0.4, 0.5) is 0 Å². The van der Waals surface area contributed by atoms with Gasteiger partial charge in [-0.3, -0.25) is 4.79 Å². The zero-order chi connectivity index (χ0) is 29.2. The van der Waals surface area contributed by atoms with Crippen molar-refractivity contribution in [1.29, 1.82) is 0 Å². The lowest BCUT2D eigenvalue weighted by molar-refractivity contribution is -0.164. The molecular formula is C33H44O6Si. The molecule has 1 saturated heterocycles. The molecule has 0 saturated carbocycles. The summed E-state index contributed by atoms with van der Waals surface area (Å²) in [6.45, 7) is 16.0. The molecule has 2 aromatic rings. The highest BCUT2D eigenvalue weighted by molar-refractivity contribution is 6.99. The number of benzene rings is 2. The van der Waals surface area contributed by atoms with Crippen molar-refractivity contribution in [3.8, 4) is 0 Å². The van der Waals surface area contributed by atoms with Crippen LogP contribution in [0, 0.1) is 0 Å². The van der Waals surface area contributed by atoms with Crippen molar-refractivity contribution in [2.75, 3.05) is 6.61 Å². The standard InChI is InChI=1S/C33H44O6Si/c1-7-15-26(39-32(35)8-2)22-29-24-28(37-25(3)34)23-27(38-29)20-21-36-40(33(4,5)6,30-16-11-9-12-17-30)31-18-13-10-14-19-31/h7-14,16-19,26-29H,1-2,15,20-24H2,3-6H3/t26-,27-,28+,29-/m0/s1. The van der Waals surface area contributed by atoms with Gasteiger partial charge in [-0.05, 0) is 21.8 Å². The van der Waals surface area contributed by atoms with Gasteiger partial charge in [0.15, 0.2) is 0 Å². The van der Waals surface area contributed by atoms with Gasteiger partial charge in [0, 0.05) is 45.3 Å². The van der Waals surface area contributed by atoms with E-state index in [9.17, 15) is 9.59 Å². The second kappa shape index (κ2) is 14.6. The summed E-state index contributed by atoms with van der Waals surface area (Å²) < 4.78 is 24.7. The van der Waals surface area contributed by atoms with Crippen LogP contribution in [0.5, 0.6) is 0 Å². The first-order chi connectivity index (χ1) is 19.1. The molecule has 4 atom stereocenters. The third-order valence-corrected chi connectivity index (χ3v) is 12.4. The SMILES string of the molecule is C=CC[C@@H](C[C@H]1C[C@H](OC(C)=O)C[C@H](CCO[Si](c2ccccc2)(c2ccccc2)C(C)(C)C)O1)OC(=O)C=C. The minimum absolute atomic E-state index is 0.126. The third kappa shape index (κ3) is 8.26. The molecule has 216 valence electrons. The van der Waals surface area contributed by atoms with E-state index in [4.69, 9.17) is 18.6 Å². The molecule has 0 bridgehead atoms. The summed E-state index contributed by atoms with van der Waals surface area (Å²) in [5.41, 5.74) is 0. The molecule has 40 heavy (non-hydrogen) atoms. The van der Waals surface area contributed by atoms with Gasteiger partial charge in [0.2, 0.25) is 0 Å². The Bertz CT molecular complexity index is 1070. The predicted molar refractivity (Wildman–Crippen MR) is 161 cm³/mol. The summed E-state index contributed by atoms with van der Waals surface area (Å²) in [4.78, 5) is 23.7. The Morgan fingerprint density at radius 1 is 1.00 bits per heavy atom. The van der Waals surface area contributed by atoms with Crippen LogP contribution in [0.3, 0.4) is 0 Å². The molecule has 0 aromatic heterocycles. The molecule has 1 fully saturated rings. The van der Waals surface area contributed by atoms with E-state index in [1.165, 1.54) is 17.3 Å². The molecule has 1 aliphatic heterocycles. The van der Waals surface area contributed by atoms with E-state index >= 15 is 0 Å². The first kappa shape index (κ1) is 31.5. The van der Waals surface area contributed by atoms with Gasteiger partial charge in [-0.15, -0.1) is 6.58 Å². The van der Waals surface area contributed by atoms with E-state index in [1.54, 1.807) is 6.08 Å². The van der Waals surface area contributed by atoms with Gasteiger partial charge in [-0.2, -0.15) is 0 Å². The summed E-state index contributed by atoms with van der Waals surface area (Å²) in [6.07, 6.45) is 4.59. The van der Waals surface area contributed by atoms with Gasteiger partial charge in [-0.25, -0.2) is 4.79 Å². The summed E-state index contributed by atoms with van der Waals surface area (Å²) >= 11 is 0. The van der Waals surface area contributed by atoms with Crippen molar-refractivity contribution in [2.24, 2.45) is 0 Å². The van der Waals surface area contributed by atoms with Crippen LogP contribution in [0.2, 0.25) is 5.04 Å². The fourth-order valence-corrected chi connectivity index (χ4v) is 10.3. The average Bonchev–Trinajstić information content (AvgIpc) is 2.91. The Morgan fingerprint density at radius 3 is 2.08 bits per heavy atom. The average molecular weight is 565 g/mol. The number of hydrogen-bond acceptors (Lipinski definition) is 6.